The summed E-state index contributed by atoms with van der Waals surface area (Å²) in [6.45, 7) is 0. The van der Waals surface area contributed by atoms with Gasteiger partial charge in [0.2, 0.25) is 0 Å². The Labute approximate surface area is 328 Å². The van der Waals surface area contributed by atoms with Crippen LogP contribution in [0.1, 0.15) is 35.2 Å². The van der Waals surface area contributed by atoms with Gasteiger partial charge in [0.1, 0.15) is 11.2 Å². The maximum absolute atomic E-state index is 6.45. The SMILES string of the molecule is c1ccc(C2NC(c3ccccc3)NC(c3ccc(-n4c5ccccc5c5cc6c(cc54)c4cc5oc7ccccc7c5cc4n6-c4ccccc4)cc3)N2)cc1. The number of furan rings is 1. The van der Waals surface area contributed by atoms with Gasteiger partial charge in [-0.05, 0) is 77.4 Å². The molecule has 2 unspecified atom stereocenters. The van der Waals surface area contributed by atoms with Gasteiger partial charge in [-0.25, -0.2) is 0 Å². The smallest absolute Gasteiger partial charge is 0.136 e. The van der Waals surface area contributed by atoms with Gasteiger partial charge in [-0.1, -0.05) is 127 Å². The highest BCUT2D eigenvalue weighted by molar-refractivity contribution is 6.21. The maximum Gasteiger partial charge on any atom is 0.136 e. The van der Waals surface area contributed by atoms with Crippen molar-refractivity contribution in [3.8, 4) is 11.4 Å². The van der Waals surface area contributed by atoms with Crippen molar-refractivity contribution in [2.45, 2.75) is 18.5 Å². The zero-order valence-electron chi connectivity index (χ0n) is 30.9. The molecule has 6 heteroatoms. The lowest BCUT2D eigenvalue weighted by atomic mass is 10.0. The van der Waals surface area contributed by atoms with Gasteiger partial charge in [-0.15, -0.1) is 0 Å². The van der Waals surface area contributed by atoms with E-state index in [0.29, 0.717) is 0 Å². The van der Waals surface area contributed by atoms with Gasteiger partial charge < -0.3 is 13.6 Å². The second-order valence-electron chi connectivity index (χ2n) is 15.1. The fourth-order valence-corrected chi connectivity index (χ4v) is 9.16. The first-order chi connectivity index (χ1) is 28.2. The Morgan fingerprint density at radius 2 is 0.754 bits per heavy atom. The highest BCUT2D eigenvalue weighted by atomic mass is 16.3. The highest BCUT2D eigenvalue weighted by Gasteiger charge is 2.30. The van der Waals surface area contributed by atoms with Gasteiger partial charge in [0.05, 0.1) is 40.6 Å². The standard InChI is InChI=1S/C51H37N5O/c1-4-14-32(15-5-1)49-52-50(33-16-6-2-7-17-33)54-51(53-49)34-24-26-36(27-25-34)55-43-22-12-10-20-37(43)39-28-45-40(29-44(39)55)41-31-48-42(38-21-11-13-23-47(38)57-48)30-46(41)56(45)35-18-8-3-9-19-35/h1-31,49-54H. The van der Waals surface area contributed by atoms with Crippen LogP contribution in [0.3, 0.4) is 0 Å². The summed E-state index contributed by atoms with van der Waals surface area (Å²) in [7, 11) is 0. The summed E-state index contributed by atoms with van der Waals surface area (Å²) >= 11 is 0. The third-order valence-corrected chi connectivity index (χ3v) is 11.8. The van der Waals surface area contributed by atoms with Crippen molar-refractivity contribution in [3.63, 3.8) is 0 Å². The molecule has 0 spiro atoms. The van der Waals surface area contributed by atoms with Crippen molar-refractivity contribution in [2.24, 2.45) is 0 Å². The Morgan fingerprint density at radius 1 is 0.316 bits per heavy atom. The average molecular weight is 736 g/mol. The second kappa shape index (κ2) is 12.8. The zero-order chi connectivity index (χ0) is 37.5. The number of benzene rings is 8. The number of nitrogens with zero attached hydrogens (tertiary/aromatic N) is 2. The lowest BCUT2D eigenvalue weighted by molar-refractivity contribution is 0.203. The first-order valence-electron chi connectivity index (χ1n) is 19.6. The van der Waals surface area contributed by atoms with Crippen molar-refractivity contribution < 1.29 is 4.42 Å². The van der Waals surface area contributed by atoms with Gasteiger partial charge in [0.15, 0.2) is 0 Å². The molecule has 0 aliphatic carbocycles. The summed E-state index contributed by atoms with van der Waals surface area (Å²) in [5, 5.41) is 18.5. The largest absolute Gasteiger partial charge is 0.456 e. The van der Waals surface area contributed by atoms with E-state index in [1.54, 1.807) is 0 Å². The van der Waals surface area contributed by atoms with Crippen LogP contribution in [0.2, 0.25) is 0 Å². The van der Waals surface area contributed by atoms with Gasteiger partial charge in [0.25, 0.3) is 0 Å². The molecule has 1 aliphatic rings. The van der Waals surface area contributed by atoms with Gasteiger partial charge in [0, 0.05) is 43.7 Å². The Bertz CT molecular complexity index is 3230. The lowest BCUT2D eigenvalue weighted by Gasteiger charge is -2.39. The monoisotopic (exact) mass is 735 g/mol. The summed E-state index contributed by atoms with van der Waals surface area (Å²) in [5.74, 6) is 0. The molecule has 3 aromatic heterocycles. The minimum Gasteiger partial charge on any atom is -0.456 e. The van der Waals surface area contributed by atoms with Gasteiger partial charge in [-0.2, -0.15) is 0 Å². The molecule has 2 atom stereocenters. The summed E-state index contributed by atoms with van der Waals surface area (Å²) in [5.41, 5.74) is 12.3. The predicted octanol–water partition coefficient (Wildman–Crippen LogP) is 12.0. The lowest BCUT2D eigenvalue weighted by Crippen LogP contribution is -2.54. The number of hydrogen-bond donors (Lipinski definition) is 3. The molecule has 8 aromatic carbocycles. The van der Waals surface area contributed by atoms with Crippen molar-refractivity contribution in [1.82, 2.24) is 25.1 Å². The molecule has 12 rings (SSSR count). The van der Waals surface area contributed by atoms with Crippen molar-refractivity contribution in [1.29, 1.82) is 0 Å². The van der Waals surface area contributed by atoms with Crippen LogP contribution in [0.5, 0.6) is 0 Å². The van der Waals surface area contributed by atoms with Crippen LogP contribution in [0.4, 0.5) is 0 Å². The Balaban J connectivity index is 1.02. The van der Waals surface area contributed by atoms with Crippen LogP contribution in [-0.4, -0.2) is 9.13 Å². The average Bonchev–Trinajstić information content (AvgIpc) is 3.92. The van der Waals surface area contributed by atoms with E-state index in [-0.39, 0.29) is 18.5 Å². The molecule has 1 saturated heterocycles. The highest BCUT2D eigenvalue weighted by Crippen LogP contribution is 2.42. The Kier molecular flexibility index (Phi) is 7.25. The molecule has 3 N–H and O–H groups in total. The van der Waals surface area contributed by atoms with E-state index in [4.69, 9.17) is 4.42 Å². The molecule has 57 heavy (non-hydrogen) atoms. The normalized spacial score (nSPS) is 17.4. The van der Waals surface area contributed by atoms with Crippen LogP contribution in [0.25, 0.3) is 76.9 Å². The van der Waals surface area contributed by atoms with Crippen LogP contribution in [0.15, 0.2) is 192 Å². The molecule has 0 saturated carbocycles. The molecule has 1 aliphatic heterocycles. The van der Waals surface area contributed by atoms with Crippen LogP contribution in [0, 0.1) is 0 Å². The van der Waals surface area contributed by atoms with Crippen LogP contribution in [-0.2, 0) is 0 Å². The van der Waals surface area contributed by atoms with E-state index in [2.05, 4.69) is 207 Å². The third kappa shape index (κ3) is 5.16. The van der Waals surface area contributed by atoms with Gasteiger partial charge >= 0.3 is 0 Å². The van der Waals surface area contributed by atoms with Crippen LogP contribution < -0.4 is 16.0 Å². The van der Waals surface area contributed by atoms with E-state index in [1.807, 2.05) is 6.07 Å². The Hall–Kier alpha value is -6.96. The number of aromatic nitrogens is 2. The van der Waals surface area contributed by atoms with E-state index < -0.39 is 0 Å². The number of rotatable bonds is 5. The number of nitrogens with one attached hydrogen (secondary N) is 3. The summed E-state index contributed by atoms with van der Waals surface area (Å²) in [4.78, 5) is 0. The molecule has 0 bridgehead atoms. The van der Waals surface area contributed by atoms with Crippen molar-refractivity contribution in [2.75, 3.05) is 0 Å². The third-order valence-electron chi connectivity index (χ3n) is 11.8. The minimum atomic E-state index is -0.0762. The summed E-state index contributed by atoms with van der Waals surface area (Å²) < 4.78 is 11.3. The Morgan fingerprint density at radius 3 is 1.39 bits per heavy atom. The molecular formula is C51H37N5O. The molecule has 1 fully saturated rings. The van der Waals surface area contributed by atoms with E-state index >= 15 is 0 Å². The molecule has 272 valence electrons. The van der Waals surface area contributed by atoms with Crippen LogP contribution >= 0.6 is 0 Å². The van der Waals surface area contributed by atoms with Crippen molar-refractivity contribution >= 4 is 65.6 Å². The maximum atomic E-state index is 6.45. The zero-order valence-corrected chi connectivity index (χ0v) is 30.9. The van der Waals surface area contributed by atoms with Crippen molar-refractivity contribution in [3.05, 3.63) is 205 Å². The molecule has 6 nitrogen and oxygen atoms in total. The minimum absolute atomic E-state index is 0.0270. The van der Waals surface area contributed by atoms with Gasteiger partial charge in [-0.3, -0.25) is 16.0 Å². The first-order valence-corrected chi connectivity index (χ1v) is 19.6. The first kappa shape index (κ1) is 32.3. The van der Waals surface area contributed by atoms with E-state index in [1.165, 1.54) is 54.8 Å². The fourth-order valence-electron chi connectivity index (χ4n) is 9.16. The summed E-state index contributed by atoms with van der Waals surface area (Å²) in [6.07, 6.45) is -0.130. The van der Waals surface area contributed by atoms with E-state index in [9.17, 15) is 0 Å². The number of hydrogen-bond acceptors (Lipinski definition) is 4. The molecule has 4 heterocycles. The molecule has 11 aromatic rings. The fraction of sp³-hybridized carbons (Fsp3) is 0.0588. The second-order valence-corrected chi connectivity index (χ2v) is 15.1. The quantitative estimate of drug-likeness (QED) is 0.165. The molecular weight excluding hydrogens is 699 g/mol. The van der Waals surface area contributed by atoms with E-state index in [0.717, 1.165) is 38.8 Å². The predicted molar refractivity (Wildman–Crippen MR) is 233 cm³/mol. The number of para-hydroxylation sites is 3. The number of fused-ring (bicyclic) bond motifs is 9. The molecule has 0 amide bonds. The summed E-state index contributed by atoms with van der Waals surface area (Å²) in [6, 6.07) is 67.4. The molecule has 0 radical (unpaired) electrons. The topological polar surface area (TPSA) is 59.1 Å².